The lowest BCUT2D eigenvalue weighted by molar-refractivity contribution is 0.246. The number of halogens is 1. The monoisotopic (exact) mass is 446 g/mol. The molecule has 146 valence electrons. The lowest BCUT2D eigenvalue weighted by Crippen LogP contribution is -2.27. The van der Waals surface area contributed by atoms with Crippen LogP contribution in [0.25, 0.3) is 10.9 Å². The maximum atomic E-state index is 13.3. The summed E-state index contributed by atoms with van der Waals surface area (Å²) in [5.41, 5.74) is 5.20. The fourth-order valence-corrected chi connectivity index (χ4v) is 4.05. The molecule has 3 aromatic carbocycles. The number of aryl methyl sites for hydroxylation is 1. The highest BCUT2D eigenvalue weighted by Gasteiger charge is 2.15. The molecule has 0 aliphatic carbocycles. The first-order chi connectivity index (χ1) is 14.1. The highest BCUT2D eigenvalue weighted by Crippen LogP contribution is 2.19. The third kappa shape index (κ3) is 4.66. The van der Waals surface area contributed by atoms with E-state index in [2.05, 4.69) is 74.3 Å². The van der Waals surface area contributed by atoms with Gasteiger partial charge in [0.1, 0.15) is 0 Å². The van der Waals surface area contributed by atoms with Crippen LogP contribution >= 0.6 is 15.9 Å². The van der Waals surface area contributed by atoms with E-state index in [1.54, 1.807) is 0 Å². The highest BCUT2D eigenvalue weighted by atomic mass is 79.9. The second kappa shape index (κ2) is 8.76. The summed E-state index contributed by atoms with van der Waals surface area (Å²) in [5.74, 6) is 0. The molecule has 0 bridgehead atoms. The van der Waals surface area contributed by atoms with Gasteiger partial charge >= 0.3 is 0 Å². The van der Waals surface area contributed by atoms with Crippen molar-refractivity contribution in [3.05, 3.63) is 116 Å². The number of fused-ring (bicyclic) bond motifs is 1. The molecule has 1 heterocycles. The van der Waals surface area contributed by atoms with Gasteiger partial charge in [-0.25, -0.2) is 0 Å². The van der Waals surface area contributed by atoms with Crippen LogP contribution in [0.2, 0.25) is 0 Å². The molecular formula is C25H23BrN2O. The van der Waals surface area contributed by atoms with Crippen LogP contribution in [0, 0.1) is 6.92 Å². The minimum atomic E-state index is 0.101. The van der Waals surface area contributed by atoms with Crippen molar-refractivity contribution in [2.24, 2.45) is 0 Å². The van der Waals surface area contributed by atoms with Crippen molar-refractivity contribution < 1.29 is 0 Å². The van der Waals surface area contributed by atoms with Gasteiger partial charge < -0.3 is 4.98 Å². The molecular weight excluding hydrogens is 424 g/mol. The van der Waals surface area contributed by atoms with Crippen LogP contribution in [0.5, 0.6) is 0 Å². The Balaban J connectivity index is 1.70. The summed E-state index contributed by atoms with van der Waals surface area (Å²) >= 11 is 3.49. The summed E-state index contributed by atoms with van der Waals surface area (Å²) in [6.45, 7) is 4.14. The summed E-state index contributed by atoms with van der Waals surface area (Å²) in [7, 11) is 0. The van der Waals surface area contributed by atoms with Crippen LogP contribution in [0.4, 0.5) is 0 Å². The normalized spacial score (nSPS) is 11.3. The van der Waals surface area contributed by atoms with Crippen LogP contribution in [-0.4, -0.2) is 9.88 Å². The quantitative estimate of drug-likeness (QED) is 0.406. The van der Waals surface area contributed by atoms with Crippen molar-refractivity contribution in [2.45, 2.75) is 26.6 Å². The molecule has 0 spiro atoms. The number of aromatic amines is 1. The summed E-state index contributed by atoms with van der Waals surface area (Å²) in [5, 5.41) is 0.722. The number of nitrogens with zero attached hydrogens (tertiary/aromatic N) is 1. The Labute approximate surface area is 179 Å². The van der Waals surface area contributed by atoms with Gasteiger partial charge in [0, 0.05) is 46.3 Å². The average Bonchev–Trinajstić information content (AvgIpc) is 2.73. The molecule has 4 heteroatoms. The Hall–Kier alpha value is -2.69. The Kier molecular flexibility index (Phi) is 5.93. The number of hydrogen-bond donors (Lipinski definition) is 1. The highest BCUT2D eigenvalue weighted by molar-refractivity contribution is 9.10. The summed E-state index contributed by atoms with van der Waals surface area (Å²) in [6.07, 6.45) is 0. The number of hydrogen-bond acceptors (Lipinski definition) is 2. The van der Waals surface area contributed by atoms with E-state index in [1.165, 1.54) is 11.1 Å². The predicted octanol–water partition coefficient (Wildman–Crippen LogP) is 5.80. The van der Waals surface area contributed by atoms with E-state index in [-0.39, 0.29) is 5.43 Å². The van der Waals surface area contributed by atoms with Crippen molar-refractivity contribution in [3.8, 4) is 0 Å². The van der Waals surface area contributed by atoms with E-state index < -0.39 is 0 Å². The third-order valence-corrected chi connectivity index (χ3v) is 5.65. The van der Waals surface area contributed by atoms with Gasteiger partial charge in [-0.15, -0.1) is 0 Å². The van der Waals surface area contributed by atoms with Crippen LogP contribution < -0.4 is 5.43 Å². The molecule has 4 rings (SSSR count). The number of pyridine rings is 1. The van der Waals surface area contributed by atoms with Crippen LogP contribution in [0.15, 0.2) is 88.1 Å². The standard InChI is InChI=1S/C25H23BrN2O/c1-18-23(25(29)22-14-21(26)12-13-24(22)27-18)17-28(15-19-8-4-2-5-9-19)16-20-10-6-3-7-11-20/h2-14H,15-17H2,1H3,(H,27,29). The first kappa shape index (κ1) is 19.6. The van der Waals surface area contributed by atoms with Gasteiger partial charge in [0.15, 0.2) is 5.43 Å². The molecule has 0 fully saturated rings. The Morgan fingerprint density at radius 3 is 2.00 bits per heavy atom. The number of benzene rings is 3. The molecule has 4 aromatic rings. The lowest BCUT2D eigenvalue weighted by Gasteiger charge is -2.23. The van der Waals surface area contributed by atoms with E-state index in [0.717, 1.165) is 39.7 Å². The molecule has 0 saturated heterocycles. The molecule has 3 nitrogen and oxygen atoms in total. The van der Waals surface area contributed by atoms with Gasteiger partial charge in [0.2, 0.25) is 0 Å². The summed E-state index contributed by atoms with van der Waals surface area (Å²) < 4.78 is 0.913. The van der Waals surface area contributed by atoms with E-state index in [9.17, 15) is 4.79 Å². The maximum absolute atomic E-state index is 13.3. The first-order valence-corrected chi connectivity index (χ1v) is 10.5. The van der Waals surface area contributed by atoms with Crippen LogP contribution in [0.3, 0.4) is 0 Å². The topological polar surface area (TPSA) is 36.1 Å². The van der Waals surface area contributed by atoms with Gasteiger partial charge in [-0.1, -0.05) is 76.6 Å². The van der Waals surface area contributed by atoms with E-state index in [0.29, 0.717) is 6.54 Å². The van der Waals surface area contributed by atoms with Crippen molar-refractivity contribution in [2.75, 3.05) is 0 Å². The number of nitrogens with one attached hydrogen (secondary N) is 1. The molecule has 0 radical (unpaired) electrons. The minimum Gasteiger partial charge on any atom is -0.358 e. The van der Waals surface area contributed by atoms with E-state index in [4.69, 9.17) is 0 Å². The molecule has 29 heavy (non-hydrogen) atoms. The predicted molar refractivity (Wildman–Crippen MR) is 123 cm³/mol. The third-order valence-electron chi connectivity index (χ3n) is 5.15. The molecule has 0 atom stereocenters. The van der Waals surface area contributed by atoms with Crippen molar-refractivity contribution in [1.82, 2.24) is 9.88 Å². The second-order valence-corrected chi connectivity index (χ2v) is 8.28. The molecule has 0 aliphatic heterocycles. The van der Waals surface area contributed by atoms with Crippen molar-refractivity contribution in [3.63, 3.8) is 0 Å². The Morgan fingerprint density at radius 2 is 1.41 bits per heavy atom. The molecule has 1 N–H and O–H groups in total. The number of aromatic nitrogens is 1. The van der Waals surface area contributed by atoms with Crippen molar-refractivity contribution in [1.29, 1.82) is 0 Å². The molecule has 0 aliphatic rings. The average molecular weight is 447 g/mol. The van der Waals surface area contributed by atoms with Crippen molar-refractivity contribution >= 4 is 26.8 Å². The van der Waals surface area contributed by atoms with Gasteiger partial charge in [-0.3, -0.25) is 9.69 Å². The molecule has 0 saturated carbocycles. The largest absolute Gasteiger partial charge is 0.358 e. The zero-order chi connectivity index (χ0) is 20.2. The number of H-pyrrole nitrogens is 1. The van der Waals surface area contributed by atoms with E-state index in [1.807, 2.05) is 37.3 Å². The fraction of sp³-hybridized carbons (Fsp3) is 0.160. The number of rotatable bonds is 6. The molecule has 1 aromatic heterocycles. The minimum absolute atomic E-state index is 0.101. The zero-order valence-electron chi connectivity index (χ0n) is 16.4. The van der Waals surface area contributed by atoms with E-state index >= 15 is 0 Å². The molecule has 0 amide bonds. The summed E-state index contributed by atoms with van der Waals surface area (Å²) in [6, 6.07) is 26.6. The van der Waals surface area contributed by atoms with Gasteiger partial charge in [-0.05, 0) is 36.2 Å². The summed E-state index contributed by atoms with van der Waals surface area (Å²) in [4.78, 5) is 19.0. The second-order valence-electron chi connectivity index (χ2n) is 7.36. The zero-order valence-corrected chi connectivity index (χ0v) is 17.9. The first-order valence-electron chi connectivity index (χ1n) is 9.71. The van der Waals surface area contributed by atoms with Crippen LogP contribution in [-0.2, 0) is 19.6 Å². The fourth-order valence-electron chi connectivity index (χ4n) is 3.69. The maximum Gasteiger partial charge on any atom is 0.194 e. The molecule has 0 unspecified atom stereocenters. The van der Waals surface area contributed by atoms with Gasteiger partial charge in [-0.2, -0.15) is 0 Å². The Bertz CT molecular complexity index is 1130. The SMILES string of the molecule is Cc1[nH]c2ccc(Br)cc2c(=O)c1CN(Cc1ccccc1)Cc1ccccc1. The van der Waals surface area contributed by atoms with Gasteiger partial charge in [0.05, 0.1) is 0 Å². The Morgan fingerprint density at radius 1 is 0.828 bits per heavy atom. The van der Waals surface area contributed by atoms with Crippen LogP contribution in [0.1, 0.15) is 22.4 Å². The smallest absolute Gasteiger partial charge is 0.194 e. The lowest BCUT2D eigenvalue weighted by atomic mass is 10.1. The van der Waals surface area contributed by atoms with Gasteiger partial charge in [0.25, 0.3) is 0 Å².